The van der Waals surface area contributed by atoms with E-state index >= 15 is 0 Å². The van der Waals surface area contributed by atoms with Gasteiger partial charge in [-0.05, 0) is 66.4 Å². The molecule has 5 aromatic rings. The van der Waals surface area contributed by atoms with Gasteiger partial charge < -0.3 is 14.7 Å². The second-order valence-corrected chi connectivity index (χ2v) is 10.5. The summed E-state index contributed by atoms with van der Waals surface area (Å²) in [6, 6.07) is 33.0. The second-order valence-electron chi connectivity index (χ2n) is 9.48. The number of benzene rings is 4. The largest absolute Gasteiger partial charge is 0.361 e. The molecule has 0 radical (unpaired) electrons. The predicted octanol–water partition coefficient (Wildman–Crippen LogP) is 7.71. The van der Waals surface area contributed by atoms with Crippen molar-refractivity contribution in [1.82, 2.24) is 9.88 Å². The lowest BCUT2D eigenvalue weighted by molar-refractivity contribution is 0.496. The third kappa shape index (κ3) is 3.64. The van der Waals surface area contributed by atoms with E-state index in [2.05, 4.69) is 125 Å². The number of aromatic nitrogens is 1. The smallest absolute Gasteiger partial charge is 0.124 e. The quantitative estimate of drug-likeness (QED) is 0.260. The summed E-state index contributed by atoms with van der Waals surface area (Å²) in [5.41, 5.74) is 9.83. The fourth-order valence-corrected chi connectivity index (χ4v) is 6.20. The van der Waals surface area contributed by atoms with Gasteiger partial charge in [0.15, 0.2) is 0 Å². The Morgan fingerprint density at radius 2 is 1.53 bits per heavy atom. The molecule has 0 N–H and O–H groups in total. The minimum absolute atomic E-state index is 0.860. The number of anilines is 4. The van der Waals surface area contributed by atoms with E-state index in [1.54, 1.807) is 11.3 Å². The summed E-state index contributed by atoms with van der Waals surface area (Å²) >= 11 is 1.76. The highest BCUT2D eigenvalue weighted by Crippen LogP contribution is 2.44. The predicted molar refractivity (Wildman–Crippen MR) is 151 cm³/mol. The Hall–Kier alpha value is -4.09. The fourth-order valence-electron chi connectivity index (χ4n) is 5.24. The summed E-state index contributed by atoms with van der Waals surface area (Å²) in [5, 5.41) is 1.07. The van der Waals surface area contributed by atoms with Crippen molar-refractivity contribution in [3.8, 4) is 10.6 Å². The Labute approximate surface area is 215 Å². The molecule has 0 atom stereocenters. The van der Waals surface area contributed by atoms with Crippen LogP contribution < -0.4 is 9.80 Å². The minimum atomic E-state index is 0.860. The molecule has 5 heteroatoms. The van der Waals surface area contributed by atoms with E-state index in [0.717, 1.165) is 30.0 Å². The first-order chi connectivity index (χ1) is 17.7. The van der Waals surface area contributed by atoms with Gasteiger partial charge in [0, 0.05) is 42.1 Å². The van der Waals surface area contributed by atoms with Crippen molar-refractivity contribution in [2.45, 2.75) is 12.8 Å². The van der Waals surface area contributed by atoms with Gasteiger partial charge in [-0.25, -0.2) is 4.98 Å². The molecule has 0 bridgehead atoms. The first kappa shape index (κ1) is 21.2. The first-order valence-corrected chi connectivity index (χ1v) is 13.2. The van der Waals surface area contributed by atoms with Crippen molar-refractivity contribution in [3.63, 3.8) is 0 Å². The summed E-state index contributed by atoms with van der Waals surface area (Å²) in [4.78, 5) is 11.9. The molecule has 3 heterocycles. The second kappa shape index (κ2) is 8.54. The summed E-state index contributed by atoms with van der Waals surface area (Å²) in [6.45, 7) is 0.860. The molecule has 0 saturated carbocycles. The number of thiazole rings is 1. The van der Waals surface area contributed by atoms with E-state index in [0.29, 0.717) is 0 Å². The third-order valence-electron chi connectivity index (χ3n) is 7.06. The highest BCUT2D eigenvalue weighted by atomic mass is 32.1. The molecule has 0 saturated heterocycles. The molecule has 0 aliphatic carbocycles. The van der Waals surface area contributed by atoms with Crippen LogP contribution >= 0.6 is 11.3 Å². The number of hydrogen-bond donors (Lipinski definition) is 0. The van der Waals surface area contributed by atoms with Gasteiger partial charge in [-0.1, -0.05) is 48.5 Å². The van der Waals surface area contributed by atoms with Crippen LogP contribution in [0, 0.1) is 0 Å². The lowest BCUT2D eigenvalue weighted by atomic mass is 10.0. The van der Waals surface area contributed by atoms with E-state index in [1.807, 2.05) is 0 Å². The van der Waals surface area contributed by atoms with Crippen molar-refractivity contribution in [1.29, 1.82) is 0 Å². The van der Waals surface area contributed by atoms with Crippen LogP contribution in [0.4, 0.5) is 22.7 Å². The maximum absolute atomic E-state index is 4.95. The minimum Gasteiger partial charge on any atom is -0.361 e. The average Bonchev–Trinajstić information content (AvgIpc) is 3.51. The van der Waals surface area contributed by atoms with E-state index < -0.39 is 0 Å². The first-order valence-electron chi connectivity index (χ1n) is 12.4. The van der Waals surface area contributed by atoms with E-state index in [1.165, 1.54) is 44.1 Å². The van der Waals surface area contributed by atoms with Crippen molar-refractivity contribution in [2.75, 3.05) is 23.5 Å². The summed E-state index contributed by atoms with van der Waals surface area (Å²) in [7, 11) is 2.10. The number of fused-ring (bicyclic) bond motifs is 3. The Morgan fingerprint density at radius 3 is 2.39 bits per heavy atom. The average molecular weight is 487 g/mol. The van der Waals surface area contributed by atoms with Crippen LogP contribution in [0.15, 0.2) is 103 Å². The molecule has 0 spiro atoms. The van der Waals surface area contributed by atoms with E-state index in [9.17, 15) is 0 Å². The van der Waals surface area contributed by atoms with Crippen LogP contribution in [-0.2, 0) is 12.8 Å². The third-order valence-corrected chi connectivity index (χ3v) is 8.14. The molecule has 2 aliphatic heterocycles. The highest BCUT2D eigenvalue weighted by Gasteiger charge is 2.24. The maximum atomic E-state index is 4.95. The summed E-state index contributed by atoms with van der Waals surface area (Å²) < 4.78 is 1.22. The Morgan fingerprint density at radius 1 is 0.722 bits per heavy atom. The van der Waals surface area contributed by atoms with Crippen LogP contribution in [0.1, 0.15) is 11.1 Å². The van der Waals surface area contributed by atoms with Gasteiger partial charge in [0.05, 0.1) is 22.6 Å². The zero-order valence-corrected chi connectivity index (χ0v) is 20.9. The normalized spacial score (nSPS) is 14.8. The Bertz CT molecular complexity index is 1590. The van der Waals surface area contributed by atoms with Gasteiger partial charge in [0.25, 0.3) is 0 Å². The SMILES string of the molecule is CN1C=CN(c2cccc(N3c4ccccc4CCc4ccc(-c5nc6ccccc6s5)cc43)c2)C1. The summed E-state index contributed by atoms with van der Waals surface area (Å²) in [6.07, 6.45) is 6.31. The molecular formula is C31H26N4S. The molecule has 1 aromatic heterocycles. The number of nitrogens with zero attached hydrogens (tertiary/aromatic N) is 4. The maximum Gasteiger partial charge on any atom is 0.124 e. The lowest BCUT2D eigenvalue weighted by Gasteiger charge is -2.29. The lowest BCUT2D eigenvalue weighted by Crippen LogP contribution is -2.22. The molecule has 4 aromatic carbocycles. The number of rotatable bonds is 3. The molecule has 176 valence electrons. The van der Waals surface area contributed by atoms with Crippen molar-refractivity contribution < 1.29 is 0 Å². The van der Waals surface area contributed by atoms with E-state index in [4.69, 9.17) is 4.98 Å². The van der Waals surface area contributed by atoms with Crippen LogP contribution in [0.3, 0.4) is 0 Å². The van der Waals surface area contributed by atoms with Gasteiger partial charge in [-0.15, -0.1) is 11.3 Å². The molecule has 0 amide bonds. The topological polar surface area (TPSA) is 22.6 Å². The van der Waals surface area contributed by atoms with Crippen molar-refractivity contribution >= 4 is 44.3 Å². The van der Waals surface area contributed by atoms with Crippen LogP contribution in [0.2, 0.25) is 0 Å². The molecular weight excluding hydrogens is 460 g/mol. The standard InChI is InChI=1S/C31H26N4S/c1-33-17-18-34(21-33)25-8-6-9-26(20-25)35-28-11-4-2-7-22(28)13-14-23-15-16-24(19-29(23)35)31-32-27-10-3-5-12-30(27)36-31/h2-12,15-20H,13-14,21H2,1H3. The number of para-hydroxylation sites is 2. The monoisotopic (exact) mass is 486 g/mol. The zero-order valence-electron chi connectivity index (χ0n) is 20.1. The van der Waals surface area contributed by atoms with Crippen LogP contribution in [0.25, 0.3) is 20.8 Å². The van der Waals surface area contributed by atoms with Gasteiger partial charge in [0.2, 0.25) is 0 Å². The van der Waals surface area contributed by atoms with Gasteiger partial charge in [-0.2, -0.15) is 0 Å². The summed E-state index contributed by atoms with van der Waals surface area (Å²) in [5.74, 6) is 0. The van der Waals surface area contributed by atoms with Crippen LogP contribution in [-0.4, -0.2) is 23.6 Å². The van der Waals surface area contributed by atoms with Crippen molar-refractivity contribution in [3.05, 3.63) is 115 Å². The zero-order chi connectivity index (χ0) is 24.1. The Balaban J connectivity index is 1.39. The molecule has 7 rings (SSSR count). The molecule has 0 unspecified atom stereocenters. The molecule has 36 heavy (non-hydrogen) atoms. The van der Waals surface area contributed by atoms with Crippen LogP contribution in [0.5, 0.6) is 0 Å². The van der Waals surface area contributed by atoms with Gasteiger partial charge in [0.1, 0.15) is 5.01 Å². The van der Waals surface area contributed by atoms with Crippen molar-refractivity contribution in [2.24, 2.45) is 0 Å². The van der Waals surface area contributed by atoms with E-state index in [-0.39, 0.29) is 0 Å². The fraction of sp³-hybridized carbons (Fsp3) is 0.129. The van der Waals surface area contributed by atoms with Gasteiger partial charge in [-0.3, -0.25) is 0 Å². The highest BCUT2D eigenvalue weighted by molar-refractivity contribution is 7.21. The van der Waals surface area contributed by atoms with Gasteiger partial charge >= 0.3 is 0 Å². The Kier molecular flexibility index (Phi) is 5.03. The molecule has 0 fully saturated rings. The molecule has 4 nitrogen and oxygen atoms in total. The molecule has 2 aliphatic rings. The number of aryl methyl sites for hydroxylation is 2. The number of hydrogen-bond acceptors (Lipinski definition) is 5.